The molecule has 0 radical (unpaired) electrons. The molecule has 1 aliphatic rings. The summed E-state index contributed by atoms with van der Waals surface area (Å²) in [6, 6.07) is 16.4. The van der Waals surface area contributed by atoms with Crippen LogP contribution < -0.4 is 9.64 Å². The number of para-hydroxylation sites is 1. The molecule has 1 aromatic heterocycles. The van der Waals surface area contributed by atoms with Crippen LogP contribution in [0.5, 0.6) is 11.5 Å². The lowest BCUT2D eigenvalue weighted by Crippen LogP contribution is -2.47. The zero-order valence-corrected chi connectivity index (χ0v) is 19.2. The smallest absolute Gasteiger partial charge is 0.160 e. The van der Waals surface area contributed by atoms with Crippen molar-refractivity contribution >= 4 is 41.5 Å². The van der Waals surface area contributed by atoms with Crippen LogP contribution >= 0.6 is 24.8 Å². The summed E-state index contributed by atoms with van der Waals surface area (Å²) in [5.41, 5.74) is 3.49. The molecule has 0 spiro atoms. The quantitative estimate of drug-likeness (QED) is 0.608. The lowest BCUT2D eigenvalue weighted by atomic mass is 10.0. The van der Waals surface area contributed by atoms with Crippen LogP contribution in [-0.2, 0) is 0 Å². The molecule has 3 aromatic rings. The van der Waals surface area contributed by atoms with Crippen LogP contribution in [0.15, 0.2) is 48.5 Å². The van der Waals surface area contributed by atoms with Gasteiger partial charge >= 0.3 is 0 Å². The monoisotopic (exact) mass is 449 g/mol. The van der Waals surface area contributed by atoms with Crippen LogP contribution in [0.25, 0.3) is 10.9 Å². The lowest BCUT2D eigenvalue weighted by Gasteiger charge is -2.39. The van der Waals surface area contributed by atoms with Gasteiger partial charge in [-0.25, -0.2) is 4.98 Å². The maximum Gasteiger partial charge on any atom is 0.160 e. The van der Waals surface area contributed by atoms with Crippen molar-refractivity contribution in [2.24, 2.45) is 0 Å². The lowest BCUT2D eigenvalue weighted by molar-refractivity contribution is 0.198. The van der Waals surface area contributed by atoms with E-state index < -0.39 is 0 Å². The molecule has 162 valence electrons. The number of halogens is 2. The van der Waals surface area contributed by atoms with Gasteiger partial charge in [-0.05, 0) is 49.2 Å². The molecule has 2 heterocycles. The van der Waals surface area contributed by atoms with Crippen LogP contribution in [0.1, 0.15) is 24.1 Å². The molecule has 30 heavy (non-hydrogen) atoms. The number of methoxy groups -OCH3 is 1. The topological polar surface area (TPSA) is 48.8 Å². The number of pyridine rings is 1. The molecular weight excluding hydrogens is 421 g/mol. The van der Waals surface area contributed by atoms with E-state index in [2.05, 4.69) is 47.9 Å². The molecule has 1 atom stereocenters. The van der Waals surface area contributed by atoms with Crippen LogP contribution in [0.3, 0.4) is 0 Å². The second-order valence-electron chi connectivity index (χ2n) is 7.44. The summed E-state index contributed by atoms with van der Waals surface area (Å²) in [5, 5.41) is 11.1. The van der Waals surface area contributed by atoms with Gasteiger partial charge in [0, 0.05) is 37.6 Å². The molecule has 1 saturated heterocycles. The molecule has 5 nitrogen and oxygen atoms in total. The zero-order chi connectivity index (χ0) is 19.7. The Morgan fingerprint density at radius 3 is 2.40 bits per heavy atom. The molecule has 0 amide bonds. The van der Waals surface area contributed by atoms with Gasteiger partial charge in [-0.1, -0.05) is 24.3 Å². The summed E-state index contributed by atoms with van der Waals surface area (Å²) in [7, 11) is 1.58. The minimum absolute atomic E-state index is 0. The number of ether oxygens (including phenoxy) is 1. The van der Waals surface area contributed by atoms with Crippen molar-refractivity contribution in [1.29, 1.82) is 0 Å². The second kappa shape index (κ2) is 10.2. The Morgan fingerprint density at radius 2 is 1.70 bits per heavy atom. The molecule has 0 bridgehead atoms. The number of fused-ring (bicyclic) bond motifs is 1. The third-order valence-corrected chi connectivity index (χ3v) is 5.78. The number of aromatic hydroxyl groups is 1. The van der Waals surface area contributed by atoms with Crippen LogP contribution in [0.4, 0.5) is 5.82 Å². The van der Waals surface area contributed by atoms with E-state index in [1.54, 1.807) is 13.2 Å². The first kappa shape index (κ1) is 24.1. The van der Waals surface area contributed by atoms with Crippen molar-refractivity contribution < 1.29 is 9.84 Å². The number of phenolic OH excluding ortho intramolecular Hbond substituents is 1. The molecule has 1 fully saturated rings. The number of nitrogens with zero attached hydrogens (tertiary/aromatic N) is 3. The second-order valence-corrected chi connectivity index (χ2v) is 7.44. The predicted octanol–water partition coefficient (Wildman–Crippen LogP) is 4.98. The van der Waals surface area contributed by atoms with Crippen LogP contribution in [0, 0.1) is 6.92 Å². The van der Waals surface area contributed by atoms with Crippen molar-refractivity contribution in [3.05, 3.63) is 59.7 Å². The summed E-state index contributed by atoms with van der Waals surface area (Å²) in [5.74, 6) is 1.77. The average molecular weight is 450 g/mol. The maximum atomic E-state index is 9.83. The third-order valence-electron chi connectivity index (χ3n) is 5.78. The fraction of sp³-hybridized carbons (Fsp3) is 0.348. The first-order valence-electron chi connectivity index (χ1n) is 9.79. The minimum Gasteiger partial charge on any atom is -0.504 e. The fourth-order valence-corrected chi connectivity index (χ4v) is 4.00. The van der Waals surface area contributed by atoms with E-state index in [0.717, 1.165) is 43.1 Å². The van der Waals surface area contributed by atoms with Gasteiger partial charge in [0.05, 0.1) is 12.6 Å². The van der Waals surface area contributed by atoms with Gasteiger partial charge in [0.25, 0.3) is 0 Å². The molecule has 0 aliphatic carbocycles. The Bertz CT molecular complexity index is 991. The van der Waals surface area contributed by atoms with E-state index in [-0.39, 0.29) is 36.6 Å². The Kier molecular flexibility index (Phi) is 8.18. The van der Waals surface area contributed by atoms with Gasteiger partial charge in [-0.15, -0.1) is 24.8 Å². The Balaban J connectivity index is 0.00000160. The molecule has 7 heteroatoms. The van der Waals surface area contributed by atoms with E-state index in [4.69, 9.17) is 9.72 Å². The van der Waals surface area contributed by atoms with Crippen molar-refractivity contribution in [1.82, 2.24) is 9.88 Å². The highest BCUT2D eigenvalue weighted by atomic mass is 35.5. The molecule has 0 saturated carbocycles. The highest BCUT2D eigenvalue weighted by molar-refractivity contribution is 5.85. The zero-order valence-electron chi connectivity index (χ0n) is 17.5. The minimum atomic E-state index is 0. The summed E-state index contributed by atoms with van der Waals surface area (Å²) in [6.45, 7) is 8.20. The van der Waals surface area contributed by atoms with E-state index >= 15 is 0 Å². The molecular formula is C23H29Cl2N3O2. The van der Waals surface area contributed by atoms with Gasteiger partial charge in [-0.3, -0.25) is 4.90 Å². The number of hydrogen-bond acceptors (Lipinski definition) is 5. The van der Waals surface area contributed by atoms with Crippen LogP contribution in [-0.4, -0.2) is 48.3 Å². The highest BCUT2D eigenvalue weighted by Crippen LogP contribution is 2.32. The summed E-state index contributed by atoms with van der Waals surface area (Å²) in [6.07, 6.45) is 0. The number of hydrogen-bond donors (Lipinski definition) is 1. The summed E-state index contributed by atoms with van der Waals surface area (Å²) in [4.78, 5) is 9.73. The van der Waals surface area contributed by atoms with Gasteiger partial charge in [-0.2, -0.15) is 0 Å². The fourth-order valence-electron chi connectivity index (χ4n) is 4.00. The first-order valence-corrected chi connectivity index (χ1v) is 9.79. The normalized spacial score (nSPS) is 15.2. The van der Waals surface area contributed by atoms with E-state index in [1.165, 1.54) is 10.9 Å². The number of rotatable bonds is 4. The maximum absolute atomic E-state index is 9.83. The Labute approximate surface area is 190 Å². The summed E-state index contributed by atoms with van der Waals surface area (Å²) >= 11 is 0. The first-order chi connectivity index (χ1) is 13.6. The van der Waals surface area contributed by atoms with Crippen molar-refractivity contribution in [3.63, 3.8) is 0 Å². The number of benzene rings is 2. The molecule has 4 rings (SSSR count). The molecule has 1 aliphatic heterocycles. The number of anilines is 1. The van der Waals surface area contributed by atoms with Gasteiger partial charge < -0.3 is 14.7 Å². The average Bonchev–Trinajstić information content (AvgIpc) is 2.73. The summed E-state index contributed by atoms with van der Waals surface area (Å²) < 4.78 is 5.26. The standard InChI is InChI=1S/C23H27N3O2.2ClH/c1-16-14-23(24-20-7-5-4-6-19(16)20)26-12-10-25(11-13-26)17(2)18-8-9-21(27)22(15-18)28-3;;/h4-9,14-15,17,27H,10-13H2,1-3H3;2*1H. The van der Waals surface area contributed by atoms with E-state index in [0.29, 0.717) is 5.75 Å². The number of phenols is 1. The van der Waals surface area contributed by atoms with Crippen molar-refractivity contribution in [2.75, 3.05) is 38.2 Å². The van der Waals surface area contributed by atoms with Crippen LogP contribution in [0.2, 0.25) is 0 Å². The SMILES string of the molecule is COc1cc(C(C)N2CCN(c3cc(C)c4ccccc4n3)CC2)ccc1O.Cl.Cl. The van der Waals surface area contributed by atoms with Crippen molar-refractivity contribution in [3.8, 4) is 11.5 Å². The molecule has 2 aromatic carbocycles. The number of piperazine rings is 1. The third kappa shape index (κ3) is 4.75. The number of aromatic nitrogens is 1. The highest BCUT2D eigenvalue weighted by Gasteiger charge is 2.23. The van der Waals surface area contributed by atoms with E-state index in [9.17, 15) is 5.11 Å². The van der Waals surface area contributed by atoms with Gasteiger partial charge in [0.15, 0.2) is 11.5 Å². The Hall–Kier alpha value is -2.21. The van der Waals surface area contributed by atoms with Gasteiger partial charge in [0.1, 0.15) is 5.82 Å². The molecule has 1 unspecified atom stereocenters. The largest absolute Gasteiger partial charge is 0.504 e. The Morgan fingerprint density at radius 1 is 1.00 bits per heavy atom. The van der Waals surface area contributed by atoms with Gasteiger partial charge in [0.2, 0.25) is 0 Å². The predicted molar refractivity (Wildman–Crippen MR) is 128 cm³/mol. The number of aryl methyl sites for hydroxylation is 1. The molecule has 1 N–H and O–H groups in total. The van der Waals surface area contributed by atoms with E-state index in [1.807, 2.05) is 18.2 Å². The van der Waals surface area contributed by atoms with Crippen molar-refractivity contribution in [2.45, 2.75) is 19.9 Å².